The van der Waals surface area contributed by atoms with Crippen molar-refractivity contribution in [1.29, 1.82) is 0 Å². The van der Waals surface area contributed by atoms with Crippen LogP contribution >= 0.6 is 23.2 Å². The molecule has 0 saturated heterocycles. The lowest BCUT2D eigenvalue weighted by atomic mass is 10.1. The number of allylic oxidation sites excluding steroid dienone is 6. The maximum Gasteiger partial charge on any atom is 0.158 e. The Morgan fingerprint density at radius 1 is 1.14 bits per heavy atom. The molecule has 5 nitrogen and oxygen atoms in total. The van der Waals surface area contributed by atoms with Gasteiger partial charge in [-0.1, -0.05) is 41.4 Å². The molecule has 1 aliphatic carbocycles. The minimum atomic E-state index is -1.70. The van der Waals surface area contributed by atoms with Crippen LogP contribution in [0.3, 0.4) is 0 Å². The van der Waals surface area contributed by atoms with Crippen LogP contribution in [0.5, 0.6) is 0 Å². The Balaban J connectivity index is 1.67. The van der Waals surface area contributed by atoms with Crippen molar-refractivity contribution in [3.8, 4) is 0 Å². The Labute approximate surface area is 221 Å². The molecule has 1 aromatic heterocycles. The van der Waals surface area contributed by atoms with E-state index in [0.717, 1.165) is 29.8 Å². The molecule has 0 saturated carbocycles. The second-order valence-electron chi connectivity index (χ2n) is 8.22. The van der Waals surface area contributed by atoms with Crippen LogP contribution in [0.2, 0.25) is 0 Å². The highest BCUT2D eigenvalue weighted by Crippen LogP contribution is 2.31. The van der Waals surface area contributed by atoms with E-state index in [1.165, 1.54) is 18.2 Å². The van der Waals surface area contributed by atoms with Crippen LogP contribution in [0.4, 0.5) is 14.6 Å². The monoisotopic (exact) mass is 550 g/mol. The maximum absolute atomic E-state index is 14.0. The number of nitrogens with one attached hydrogen (secondary N) is 1. The zero-order valence-electron chi connectivity index (χ0n) is 19.8. The quantitative estimate of drug-likeness (QED) is 0.335. The predicted molar refractivity (Wildman–Crippen MR) is 143 cm³/mol. The Kier molecular flexibility index (Phi) is 8.62. The van der Waals surface area contributed by atoms with Crippen molar-refractivity contribution in [2.75, 3.05) is 18.0 Å². The van der Waals surface area contributed by atoms with Crippen LogP contribution in [0, 0.1) is 17.6 Å². The van der Waals surface area contributed by atoms with E-state index < -0.39 is 22.6 Å². The molecule has 0 fully saturated rings. The van der Waals surface area contributed by atoms with Crippen molar-refractivity contribution in [3.05, 3.63) is 88.0 Å². The molecule has 2 unspecified atom stereocenters. The molecular formula is C26H26Cl2F2N4OS. The van der Waals surface area contributed by atoms with Gasteiger partial charge < -0.3 is 4.90 Å². The van der Waals surface area contributed by atoms with Gasteiger partial charge in [-0.25, -0.2) is 17.7 Å². The Hall–Kier alpha value is -2.52. The van der Waals surface area contributed by atoms with Gasteiger partial charge in [-0.05, 0) is 56.3 Å². The van der Waals surface area contributed by atoms with Crippen LogP contribution in [0.15, 0.2) is 75.7 Å². The van der Waals surface area contributed by atoms with Crippen LogP contribution < -0.4 is 9.62 Å². The third-order valence-electron chi connectivity index (χ3n) is 6.02. The van der Waals surface area contributed by atoms with Gasteiger partial charge in [-0.3, -0.25) is 4.68 Å². The lowest BCUT2D eigenvalue weighted by Gasteiger charge is -2.18. The molecule has 10 heteroatoms. The van der Waals surface area contributed by atoms with Gasteiger partial charge in [0.2, 0.25) is 0 Å². The van der Waals surface area contributed by atoms with Crippen molar-refractivity contribution in [2.45, 2.75) is 31.8 Å². The van der Waals surface area contributed by atoms with Gasteiger partial charge in [0, 0.05) is 46.6 Å². The summed E-state index contributed by atoms with van der Waals surface area (Å²) in [6.45, 7) is 5.82. The van der Waals surface area contributed by atoms with Crippen molar-refractivity contribution < 1.29 is 13.0 Å². The molecule has 190 valence electrons. The number of benzene rings is 2. The van der Waals surface area contributed by atoms with Crippen LogP contribution in [-0.2, 0) is 24.1 Å². The predicted octanol–water partition coefficient (Wildman–Crippen LogP) is 6.40. The first kappa shape index (κ1) is 26.5. The number of hydrogen-bond acceptors (Lipinski definition) is 3. The molecule has 3 aromatic rings. The number of aromatic nitrogens is 2. The summed E-state index contributed by atoms with van der Waals surface area (Å²) in [6, 6.07) is 9.03. The first-order chi connectivity index (χ1) is 17.3. The molecule has 0 radical (unpaired) electrons. The number of fused-ring (bicyclic) bond motifs is 1. The molecule has 2 atom stereocenters. The highest BCUT2D eigenvalue weighted by Gasteiger charge is 2.21. The van der Waals surface area contributed by atoms with E-state index in [0.29, 0.717) is 21.5 Å². The first-order valence-corrected chi connectivity index (χ1v) is 13.5. The molecule has 1 N–H and O–H groups in total. The summed E-state index contributed by atoms with van der Waals surface area (Å²) in [5.74, 6) is -0.768. The molecular weight excluding hydrogens is 525 g/mol. The van der Waals surface area contributed by atoms with Gasteiger partial charge in [0.15, 0.2) is 5.82 Å². The third kappa shape index (κ3) is 5.72. The summed E-state index contributed by atoms with van der Waals surface area (Å²) in [5.41, 5.74) is 0.696. The van der Waals surface area contributed by atoms with Crippen LogP contribution in [0.1, 0.15) is 19.4 Å². The fourth-order valence-electron chi connectivity index (χ4n) is 4.08. The fourth-order valence-corrected chi connectivity index (χ4v) is 5.37. The Morgan fingerprint density at radius 3 is 2.56 bits per heavy atom. The average molecular weight is 551 g/mol. The zero-order valence-corrected chi connectivity index (χ0v) is 22.2. The molecule has 1 heterocycles. The molecule has 0 aliphatic heterocycles. The number of rotatable bonds is 9. The van der Waals surface area contributed by atoms with Gasteiger partial charge in [0.05, 0.1) is 17.0 Å². The highest BCUT2D eigenvalue weighted by molar-refractivity contribution is 7.83. The summed E-state index contributed by atoms with van der Waals surface area (Å²) in [4.78, 5) is 2.59. The molecule has 36 heavy (non-hydrogen) atoms. The fraction of sp³-hybridized carbons (Fsp3) is 0.269. The van der Waals surface area contributed by atoms with E-state index in [1.807, 2.05) is 48.9 Å². The number of anilines is 1. The second-order valence-corrected chi connectivity index (χ2v) is 10.4. The van der Waals surface area contributed by atoms with Gasteiger partial charge in [0.25, 0.3) is 0 Å². The van der Waals surface area contributed by atoms with Crippen LogP contribution in [0.25, 0.3) is 10.9 Å². The average Bonchev–Trinajstić information content (AvgIpc) is 3.12. The Morgan fingerprint density at radius 2 is 1.86 bits per heavy atom. The van der Waals surface area contributed by atoms with Crippen molar-refractivity contribution in [2.24, 2.45) is 5.92 Å². The normalized spacial score (nSPS) is 16.6. The topological polar surface area (TPSA) is 50.2 Å². The molecule has 0 amide bonds. The first-order valence-electron chi connectivity index (χ1n) is 11.6. The van der Waals surface area contributed by atoms with Crippen molar-refractivity contribution in [3.63, 3.8) is 0 Å². The summed E-state index contributed by atoms with van der Waals surface area (Å²) in [6.07, 6.45) is 7.31. The highest BCUT2D eigenvalue weighted by atomic mass is 35.5. The zero-order chi connectivity index (χ0) is 25.8. The van der Waals surface area contributed by atoms with Gasteiger partial charge >= 0.3 is 0 Å². The summed E-state index contributed by atoms with van der Waals surface area (Å²) >= 11 is 12.8. The van der Waals surface area contributed by atoms with E-state index in [1.54, 1.807) is 12.1 Å². The molecule has 4 rings (SSSR count). The van der Waals surface area contributed by atoms with Gasteiger partial charge in [0.1, 0.15) is 22.6 Å². The van der Waals surface area contributed by atoms with E-state index in [-0.39, 0.29) is 18.0 Å². The lowest BCUT2D eigenvalue weighted by Crippen LogP contribution is -2.23. The van der Waals surface area contributed by atoms with Crippen molar-refractivity contribution in [1.82, 2.24) is 14.5 Å². The standard InChI is InChI=1S/C26H26Cl2F2N4OS/c1-3-33(4-2)26-20-14-19(36(35)31-15-21-23(29)9-6-10-24(21)30)11-12-25(20)34(32-26)16-17-13-18(27)7-5-8-22(17)28/h5-14,17,31H,3-4,15-16H2,1-2H3. The third-order valence-corrected chi connectivity index (χ3v) is 7.76. The molecule has 1 aliphatic rings. The van der Waals surface area contributed by atoms with E-state index in [9.17, 15) is 13.0 Å². The van der Waals surface area contributed by atoms with Gasteiger partial charge in [-0.2, -0.15) is 5.10 Å². The minimum Gasteiger partial charge on any atom is -0.355 e. The maximum atomic E-state index is 14.0. The van der Waals surface area contributed by atoms with E-state index >= 15 is 0 Å². The van der Waals surface area contributed by atoms with Crippen molar-refractivity contribution >= 4 is 50.9 Å². The SMILES string of the molecule is CCN(CC)c1nn(CC2C=C(Cl)C=CC=C2Cl)c2ccc(S(=O)NCc3c(F)cccc3F)cc12. The summed E-state index contributed by atoms with van der Waals surface area (Å²) < 4.78 is 45.6. The molecule has 0 bridgehead atoms. The lowest BCUT2D eigenvalue weighted by molar-refractivity contribution is 0.552. The van der Waals surface area contributed by atoms with Gasteiger partial charge in [-0.15, -0.1) is 0 Å². The van der Waals surface area contributed by atoms with Crippen LogP contribution in [-0.4, -0.2) is 27.1 Å². The summed E-state index contributed by atoms with van der Waals surface area (Å²) in [5, 5.41) is 6.95. The second kappa shape index (κ2) is 11.7. The van der Waals surface area contributed by atoms with E-state index in [2.05, 4.69) is 9.62 Å². The summed E-state index contributed by atoms with van der Waals surface area (Å²) in [7, 11) is -1.70. The number of hydrogen-bond donors (Lipinski definition) is 1. The number of halogens is 4. The molecule has 2 aromatic carbocycles. The number of nitrogens with zero attached hydrogens (tertiary/aromatic N) is 3. The largest absolute Gasteiger partial charge is 0.355 e. The molecule has 0 spiro atoms. The minimum absolute atomic E-state index is 0.155. The Bertz CT molecular complexity index is 1360. The smallest absolute Gasteiger partial charge is 0.158 e. The van der Waals surface area contributed by atoms with E-state index in [4.69, 9.17) is 28.3 Å².